The SMILES string of the molecule is C=CCO[C@@]12Oc3ccc(OC(=O)NCc4ccccc4)cc3[C@H]3[C@H](CCCCO)[C@@H](CCCCO)C=C(C(=NOCc4ccccc4)C[C@@H]1N(Cc1ccc4c(c1)OCO4)C(=O)Oc1ccc([N+](=O)[O-])cc1)[C@H]32. The average molecular weight is 1010 g/mol. The van der Waals surface area contributed by atoms with Gasteiger partial charge in [-0.2, -0.15) is 0 Å². The number of oxime groups is 1. The molecule has 74 heavy (non-hydrogen) atoms. The number of carbonyl (C=O) groups is 2. The van der Waals surface area contributed by atoms with E-state index >= 15 is 4.79 Å². The van der Waals surface area contributed by atoms with E-state index < -0.39 is 40.8 Å². The summed E-state index contributed by atoms with van der Waals surface area (Å²) in [7, 11) is 0. The first-order chi connectivity index (χ1) is 36.2. The van der Waals surface area contributed by atoms with Gasteiger partial charge >= 0.3 is 12.2 Å². The summed E-state index contributed by atoms with van der Waals surface area (Å²) in [5, 5.41) is 39.6. The van der Waals surface area contributed by atoms with Gasteiger partial charge in [0.25, 0.3) is 5.69 Å². The maximum atomic E-state index is 15.3. The first-order valence-corrected chi connectivity index (χ1v) is 25.0. The predicted octanol–water partition coefficient (Wildman–Crippen LogP) is 10.1. The lowest BCUT2D eigenvalue weighted by atomic mass is 9.55. The number of non-ortho nitro benzene ring substituents is 1. The molecule has 0 radical (unpaired) electrons. The van der Waals surface area contributed by atoms with Crippen LogP contribution in [0.5, 0.6) is 28.7 Å². The van der Waals surface area contributed by atoms with Crippen molar-refractivity contribution >= 4 is 23.6 Å². The van der Waals surface area contributed by atoms with Gasteiger partial charge in [0.15, 0.2) is 11.5 Å². The van der Waals surface area contributed by atoms with Crippen molar-refractivity contribution < 1.29 is 58.0 Å². The molecule has 1 saturated carbocycles. The number of ether oxygens (including phenoxy) is 6. The lowest BCUT2D eigenvalue weighted by Gasteiger charge is -2.59. The Labute approximate surface area is 429 Å². The maximum Gasteiger partial charge on any atom is 0.416 e. The fourth-order valence-electron chi connectivity index (χ4n) is 10.7. The predicted molar refractivity (Wildman–Crippen MR) is 273 cm³/mol. The maximum absolute atomic E-state index is 15.3. The topological polar surface area (TPSA) is 210 Å². The normalized spacial score (nSPS) is 21.5. The molecule has 0 spiro atoms. The fraction of sp³-hybridized carbons (Fsp3) is 0.351. The largest absolute Gasteiger partial charge is 0.459 e. The molecular formula is C57H60N4O13. The number of fused-ring (bicyclic) bond motifs is 3. The lowest BCUT2D eigenvalue weighted by Crippen LogP contribution is -2.70. The molecule has 17 nitrogen and oxygen atoms in total. The number of carbonyl (C=O) groups excluding carboxylic acids is 2. The van der Waals surface area contributed by atoms with Crippen LogP contribution in [0.4, 0.5) is 15.3 Å². The van der Waals surface area contributed by atoms with Crippen molar-refractivity contribution in [3.05, 3.63) is 178 Å². The minimum absolute atomic E-state index is 0.00255. The van der Waals surface area contributed by atoms with Crippen molar-refractivity contribution in [3.8, 4) is 28.7 Å². The first-order valence-electron chi connectivity index (χ1n) is 25.0. The van der Waals surface area contributed by atoms with Crippen LogP contribution in [0.2, 0.25) is 0 Å². The number of amides is 2. The van der Waals surface area contributed by atoms with Crippen molar-refractivity contribution in [1.29, 1.82) is 0 Å². The Kier molecular flexibility index (Phi) is 16.5. The van der Waals surface area contributed by atoms with Crippen LogP contribution in [0.15, 0.2) is 151 Å². The molecule has 6 atom stereocenters. The third-order valence-corrected chi connectivity index (χ3v) is 14.0. The third kappa shape index (κ3) is 11.5. The molecular weight excluding hydrogens is 949 g/mol. The molecule has 1 fully saturated rings. The van der Waals surface area contributed by atoms with Crippen LogP contribution >= 0.6 is 0 Å². The smallest absolute Gasteiger partial charge is 0.416 e. The van der Waals surface area contributed by atoms with E-state index in [2.05, 4.69) is 18.0 Å². The summed E-state index contributed by atoms with van der Waals surface area (Å²) < 4.78 is 38.1. The molecule has 0 bridgehead atoms. The highest BCUT2D eigenvalue weighted by atomic mass is 16.7. The zero-order chi connectivity index (χ0) is 51.4. The highest BCUT2D eigenvalue weighted by Gasteiger charge is 2.66. The molecule has 0 saturated heterocycles. The number of nitrogens with one attached hydrogen (secondary N) is 1. The number of hydrogen-bond donors (Lipinski definition) is 3. The van der Waals surface area contributed by atoms with E-state index in [0.717, 1.165) is 28.7 Å². The zero-order valence-electron chi connectivity index (χ0n) is 40.9. The number of allylic oxidation sites excluding steroid dienone is 1. The van der Waals surface area contributed by atoms with E-state index in [1.165, 1.54) is 29.2 Å². The van der Waals surface area contributed by atoms with Crippen molar-refractivity contribution in [3.63, 3.8) is 0 Å². The van der Waals surface area contributed by atoms with Crippen LogP contribution < -0.4 is 29.0 Å². The molecule has 0 aromatic heterocycles. The number of rotatable bonds is 22. The number of nitro groups is 1. The second-order valence-corrected chi connectivity index (χ2v) is 18.7. The summed E-state index contributed by atoms with van der Waals surface area (Å²) in [6.45, 7) is 4.43. The van der Waals surface area contributed by atoms with E-state index in [1.54, 1.807) is 30.3 Å². The van der Waals surface area contributed by atoms with Gasteiger partial charge in [0, 0.05) is 56.3 Å². The molecule has 5 aromatic rings. The lowest BCUT2D eigenvalue weighted by molar-refractivity contribution is -0.384. The minimum atomic E-state index is -1.69. The van der Waals surface area contributed by atoms with Crippen LogP contribution in [0, 0.1) is 27.9 Å². The molecule has 4 aliphatic rings. The monoisotopic (exact) mass is 1010 g/mol. The fourth-order valence-corrected chi connectivity index (χ4v) is 10.7. The molecule has 9 rings (SSSR count). The molecule has 17 heteroatoms. The number of nitro benzene ring substituents is 1. The van der Waals surface area contributed by atoms with E-state index in [1.807, 2.05) is 72.8 Å². The van der Waals surface area contributed by atoms with E-state index in [-0.39, 0.29) is 81.8 Å². The standard InChI is InChI=1S/C57H60N4O13/c1-2-29-70-57-52(60(35-40-19-25-50-51(30-40)69-37-68-50)56(65)73-43-22-20-42(21-23-43)61(66)67)33-48(59-71-36-39-15-7-4-8-16-39)46-31-41(17-9-11-27-62)45(18-10-12-28-63)53(54(46)57)47-32-44(24-26-49(47)74-57)72-55(64)58-34-38-13-5-3-6-14-38/h2-8,13-16,19-26,30-32,41,45,52-54,62-63H,1,9-12,17-18,27-29,33-37H2,(H,58,64)/t41-,45+,52-,53+,54+,57+/m0/s1. The summed E-state index contributed by atoms with van der Waals surface area (Å²) in [5.41, 5.74) is 4.35. The van der Waals surface area contributed by atoms with Crippen molar-refractivity contribution in [2.75, 3.05) is 26.6 Å². The Morgan fingerprint density at radius 3 is 2.26 bits per heavy atom. The zero-order valence-corrected chi connectivity index (χ0v) is 40.9. The second kappa shape index (κ2) is 23.9. The van der Waals surface area contributed by atoms with Crippen molar-refractivity contribution in [1.82, 2.24) is 10.2 Å². The molecule has 2 heterocycles. The Hall–Kier alpha value is -7.73. The van der Waals surface area contributed by atoms with Gasteiger partial charge in [0.2, 0.25) is 12.6 Å². The van der Waals surface area contributed by atoms with Crippen LogP contribution in [-0.4, -0.2) is 76.4 Å². The molecule has 3 N–H and O–H groups in total. The number of hydrogen-bond acceptors (Lipinski definition) is 14. The first kappa shape index (κ1) is 51.2. The number of unbranched alkanes of at least 4 members (excludes halogenated alkanes) is 2. The van der Waals surface area contributed by atoms with Crippen molar-refractivity contribution in [2.45, 2.75) is 82.4 Å². The van der Waals surface area contributed by atoms with E-state index in [4.69, 9.17) is 38.4 Å². The van der Waals surface area contributed by atoms with Gasteiger partial charge in [0.1, 0.15) is 29.9 Å². The third-order valence-electron chi connectivity index (χ3n) is 14.0. The number of aliphatic hydroxyl groups excluding tert-OH is 2. The second-order valence-electron chi connectivity index (χ2n) is 18.7. The Morgan fingerprint density at radius 2 is 1.53 bits per heavy atom. The summed E-state index contributed by atoms with van der Waals surface area (Å²) in [5.74, 6) is -1.24. The quantitative estimate of drug-likeness (QED) is 0.0255. The van der Waals surface area contributed by atoms with Gasteiger partial charge in [-0.05, 0) is 102 Å². The summed E-state index contributed by atoms with van der Waals surface area (Å²) in [6, 6.07) is 34.0. The Morgan fingerprint density at radius 1 is 0.824 bits per heavy atom. The van der Waals surface area contributed by atoms with Gasteiger partial charge in [-0.25, -0.2) is 9.59 Å². The Bertz CT molecular complexity index is 2830. The molecule has 2 aliphatic heterocycles. The molecule has 386 valence electrons. The summed E-state index contributed by atoms with van der Waals surface area (Å²) in [6.07, 6.45) is 6.37. The highest BCUT2D eigenvalue weighted by molar-refractivity contribution is 6.03. The molecule has 2 aliphatic carbocycles. The van der Waals surface area contributed by atoms with Crippen LogP contribution in [-0.2, 0) is 29.3 Å². The summed E-state index contributed by atoms with van der Waals surface area (Å²) >= 11 is 0. The van der Waals surface area contributed by atoms with Crippen LogP contribution in [0.3, 0.4) is 0 Å². The highest BCUT2D eigenvalue weighted by Crippen LogP contribution is 2.62. The van der Waals surface area contributed by atoms with Gasteiger partial charge in [-0.15, -0.1) is 6.58 Å². The number of aliphatic hydroxyl groups is 2. The van der Waals surface area contributed by atoms with Gasteiger partial charge in [-0.3, -0.25) is 15.0 Å². The van der Waals surface area contributed by atoms with Crippen molar-refractivity contribution in [2.24, 2.45) is 22.9 Å². The molecule has 5 aromatic carbocycles. The minimum Gasteiger partial charge on any atom is -0.459 e. The van der Waals surface area contributed by atoms with E-state index in [0.29, 0.717) is 60.6 Å². The van der Waals surface area contributed by atoms with Gasteiger partial charge in [0.05, 0.1) is 23.2 Å². The van der Waals surface area contributed by atoms with Crippen LogP contribution in [0.1, 0.15) is 73.1 Å². The molecule has 0 unspecified atom stereocenters. The number of nitrogens with zero attached hydrogens (tertiary/aromatic N) is 3. The van der Waals surface area contributed by atoms with Crippen LogP contribution in [0.25, 0.3) is 0 Å². The van der Waals surface area contributed by atoms with Gasteiger partial charge in [-0.1, -0.05) is 96.9 Å². The molecule has 2 amide bonds. The van der Waals surface area contributed by atoms with E-state index in [9.17, 15) is 25.1 Å². The average Bonchev–Trinajstić information content (AvgIpc) is 3.92. The number of benzene rings is 5. The summed E-state index contributed by atoms with van der Waals surface area (Å²) in [4.78, 5) is 47.6. The van der Waals surface area contributed by atoms with Gasteiger partial charge < -0.3 is 48.8 Å². The Balaban J connectivity index is 1.21.